The third-order valence-corrected chi connectivity index (χ3v) is 16.0. The van der Waals surface area contributed by atoms with E-state index < -0.39 is 0 Å². The van der Waals surface area contributed by atoms with Gasteiger partial charge in [0.1, 0.15) is 5.58 Å². The molecule has 0 fully saturated rings. The van der Waals surface area contributed by atoms with Crippen molar-refractivity contribution in [1.29, 1.82) is 0 Å². The predicted molar refractivity (Wildman–Crippen MR) is 291 cm³/mol. The highest BCUT2D eigenvalue weighted by Crippen LogP contribution is 2.54. The van der Waals surface area contributed by atoms with E-state index in [9.17, 15) is 0 Å². The topological polar surface area (TPSA) is 24.6 Å². The zero-order valence-electron chi connectivity index (χ0n) is 37.8. The molecule has 13 aromatic rings. The van der Waals surface area contributed by atoms with E-state index in [1.54, 1.807) is 0 Å². The van der Waals surface area contributed by atoms with Gasteiger partial charge in [-0.1, -0.05) is 142 Å². The van der Waals surface area contributed by atoms with Crippen LogP contribution in [0.15, 0.2) is 205 Å². The van der Waals surface area contributed by atoms with Crippen molar-refractivity contribution in [3.63, 3.8) is 0 Å². The molecule has 0 bridgehead atoms. The summed E-state index contributed by atoms with van der Waals surface area (Å²) in [7, 11) is 0. The maximum atomic E-state index is 7.05. The molecule has 0 atom stereocenters. The molecule has 320 valence electrons. The number of nitrogens with zero attached hydrogens (tertiary/aromatic N) is 3. The summed E-state index contributed by atoms with van der Waals surface area (Å²) in [6.07, 6.45) is 0. The van der Waals surface area contributed by atoms with E-state index in [0.717, 1.165) is 50.4 Å². The summed E-state index contributed by atoms with van der Waals surface area (Å²) in [6, 6.07) is 74.2. The molecule has 0 radical (unpaired) electrons. The zero-order valence-corrected chi connectivity index (χ0v) is 38.6. The number of fused-ring (bicyclic) bond motifs is 16. The first-order valence-corrected chi connectivity index (χ1v) is 24.4. The SMILES string of the molecule is CC(C)(C)c1cc2c3c(c1)c1c4ccccc4ccc1n3B1c3ccc(N(c4ccccc4)c4ccccc4)cc3N(c3cccc4c3oc3ccccc34)c3c1c-2cc1sc2ccccc2c31. The third kappa shape index (κ3) is 5.15. The molecule has 0 N–H and O–H groups in total. The minimum atomic E-state index is -0.144. The van der Waals surface area contributed by atoms with Gasteiger partial charge in [-0.15, -0.1) is 11.3 Å². The molecule has 6 heteroatoms. The molecule has 4 nitrogen and oxygen atoms in total. The average molecular weight is 888 g/mol. The van der Waals surface area contributed by atoms with Crippen LogP contribution in [0, 0.1) is 0 Å². The molecule has 0 spiro atoms. The lowest BCUT2D eigenvalue weighted by molar-refractivity contribution is 0.591. The van der Waals surface area contributed by atoms with Crippen LogP contribution >= 0.6 is 11.3 Å². The number of para-hydroxylation sites is 4. The van der Waals surface area contributed by atoms with Crippen molar-refractivity contribution >= 4 is 138 Å². The highest BCUT2D eigenvalue weighted by Gasteiger charge is 2.45. The lowest BCUT2D eigenvalue weighted by atomic mass is 9.45. The Kier molecular flexibility index (Phi) is 7.71. The Hall–Kier alpha value is -8.06. The van der Waals surface area contributed by atoms with E-state index in [-0.39, 0.29) is 12.3 Å². The highest BCUT2D eigenvalue weighted by atomic mass is 32.1. The molecule has 2 aliphatic rings. The van der Waals surface area contributed by atoms with Gasteiger partial charge in [-0.2, -0.15) is 0 Å². The normalized spacial score (nSPS) is 13.2. The van der Waals surface area contributed by atoms with Crippen molar-refractivity contribution in [2.75, 3.05) is 9.80 Å². The second-order valence-corrected chi connectivity index (χ2v) is 20.7. The first-order valence-electron chi connectivity index (χ1n) is 23.6. The van der Waals surface area contributed by atoms with Crippen LogP contribution in [0.1, 0.15) is 26.3 Å². The standard InChI is InChI=1S/C62H42BN3OS/c1-62(2,3)38-33-47-46-36-55-57(45-24-13-15-28-54(45)68-55)60-58(46)63(66-50-32-29-37-17-10-11-22-42(37)56(50)48(34-38)59(47)66)49-31-30-41(64(39-18-6-4-7-19-39)40-20-8-5-9-21-40)35-52(49)65(60)51-26-16-25-44-43-23-12-14-27-53(43)67-61(44)51/h4-36H,1-3H3. The zero-order chi connectivity index (χ0) is 45.0. The second kappa shape index (κ2) is 13.8. The number of benzene rings is 10. The summed E-state index contributed by atoms with van der Waals surface area (Å²) in [5, 5.41) is 9.94. The van der Waals surface area contributed by atoms with Crippen molar-refractivity contribution in [1.82, 2.24) is 4.48 Å². The minimum absolute atomic E-state index is 0.0856. The number of rotatable bonds is 4. The number of furan rings is 1. The number of hydrogen-bond donors (Lipinski definition) is 0. The summed E-state index contributed by atoms with van der Waals surface area (Å²) < 4.78 is 12.3. The second-order valence-electron chi connectivity index (χ2n) is 19.6. The van der Waals surface area contributed by atoms with Gasteiger partial charge >= 0.3 is 6.85 Å². The maximum absolute atomic E-state index is 7.05. The van der Waals surface area contributed by atoms with Crippen LogP contribution in [0.5, 0.6) is 0 Å². The van der Waals surface area contributed by atoms with E-state index in [4.69, 9.17) is 4.42 Å². The molecule has 0 aliphatic carbocycles. The van der Waals surface area contributed by atoms with E-state index in [2.05, 4.69) is 235 Å². The monoisotopic (exact) mass is 887 g/mol. The average Bonchev–Trinajstić information content (AvgIpc) is 4.06. The van der Waals surface area contributed by atoms with Gasteiger partial charge in [0.2, 0.25) is 0 Å². The van der Waals surface area contributed by atoms with Gasteiger partial charge in [-0.05, 0) is 117 Å². The minimum Gasteiger partial charge on any atom is -0.454 e. The maximum Gasteiger partial charge on any atom is 0.333 e. The Labute approximate surface area is 397 Å². The molecular weight excluding hydrogens is 846 g/mol. The van der Waals surface area contributed by atoms with Gasteiger partial charge in [0.05, 0.1) is 11.4 Å². The van der Waals surface area contributed by atoms with Gasteiger partial charge in [0.25, 0.3) is 0 Å². The van der Waals surface area contributed by atoms with Crippen LogP contribution in [0.3, 0.4) is 0 Å². The molecule has 3 aromatic heterocycles. The molecule has 0 amide bonds. The summed E-state index contributed by atoms with van der Waals surface area (Å²) >= 11 is 1.90. The molecule has 2 aliphatic heterocycles. The predicted octanol–water partition coefficient (Wildman–Crippen LogP) is 16.4. The molecule has 68 heavy (non-hydrogen) atoms. The van der Waals surface area contributed by atoms with E-state index >= 15 is 0 Å². The fraction of sp³-hybridized carbons (Fsp3) is 0.0645. The summed E-state index contributed by atoms with van der Waals surface area (Å²) in [5.74, 6) is 0. The van der Waals surface area contributed by atoms with Gasteiger partial charge in [-0.25, -0.2) is 0 Å². The molecule has 0 unspecified atom stereocenters. The van der Waals surface area contributed by atoms with Crippen LogP contribution < -0.4 is 20.7 Å². The highest BCUT2D eigenvalue weighted by molar-refractivity contribution is 7.26. The molecular formula is C62H42BN3OS. The van der Waals surface area contributed by atoms with Gasteiger partial charge in [0.15, 0.2) is 5.58 Å². The summed E-state index contributed by atoms with van der Waals surface area (Å²) in [4.78, 5) is 4.98. The van der Waals surface area contributed by atoms with Crippen molar-refractivity contribution in [2.24, 2.45) is 0 Å². The van der Waals surface area contributed by atoms with Gasteiger partial charge in [-0.3, -0.25) is 0 Å². The van der Waals surface area contributed by atoms with Crippen LogP contribution in [0.4, 0.5) is 34.1 Å². The summed E-state index contributed by atoms with van der Waals surface area (Å²) in [6.45, 7) is 6.92. The van der Waals surface area contributed by atoms with E-state index in [1.807, 2.05) is 11.3 Å². The van der Waals surface area contributed by atoms with Crippen LogP contribution in [-0.4, -0.2) is 11.3 Å². The van der Waals surface area contributed by atoms with Crippen molar-refractivity contribution < 1.29 is 4.42 Å². The lowest BCUT2D eigenvalue weighted by Crippen LogP contribution is -2.56. The van der Waals surface area contributed by atoms with Crippen LogP contribution in [0.2, 0.25) is 0 Å². The van der Waals surface area contributed by atoms with Crippen LogP contribution in [0.25, 0.3) is 85.8 Å². The fourth-order valence-electron chi connectivity index (χ4n) is 11.9. The number of aromatic nitrogens is 1. The molecule has 0 saturated heterocycles. The Morgan fingerprint density at radius 2 is 1.22 bits per heavy atom. The Morgan fingerprint density at radius 1 is 0.515 bits per heavy atom. The summed E-state index contributed by atoms with van der Waals surface area (Å²) in [5.41, 5.74) is 17.4. The molecule has 5 heterocycles. The van der Waals surface area contributed by atoms with E-state index in [0.29, 0.717) is 0 Å². The number of hydrogen-bond acceptors (Lipinski definition) is 4. The lowest BCUT2D eigenvalue weighted by Gasteiger charge is -2.41. The van der Waals surface area contributed by atoms with Crippen LogP contribution in [-0.2, 0) is 5.41 Å². The Balaban J connectivity index is 1.15. The van der Waals surface area contributed by atoms with Crippen molar-refractivity contribution in [3.8, 4) is 11.1 Å². The van der Waals surface area contributed by atoms with Gasteiger partial charge in [0, 0.05) is 81.1 Å². The third-order valence-electron chi connectivity index (χ3n) is 14.8. The number of thiophene rings is 1. The smallest absolute Gasteiger partial charge is 0.333 e. The quantitative estimate of drug-likeness (QED) is 0.165. The number of anilines is 6. The molecule has 10 aromatic carbocycles. The largest absolute Gasteiger partial charge is 0.454 e. The van der Waals surface area contributed by atoms with Crippen molar-refractivity contribution in [3.05, 3.63) is 206 Å². The fourth-order valence-corrected chi connectivity index (χ4v) is 13.0. The first kappa shape index (κ1) is 38.1. The molecule has 0 saturated carbocycles. The van der Waals surface area contributed by atoms with Crippen molar-refractivity contribution in [2.45, 2.75) is 26.2 Å². The Bertz CT molecular complexity index is 4230. The van der Waals surface area contributed by atoms with Gasteiger partial charge < -0.3 is 18.7 Å². The van der Waals surface area contributed by atoms with E-state index in [1.165, 1.54) is 86.1 Å². The first-order chi connectivity index (χ1) is 33.4. The molecule has 15 rings (SSSR count). The Morgan fingerprint density at radius 3 is 2.01 bits per heavy atom.